The van der Waals surface area contributed by atoms with E-state index in [2.05, 4.69) is 20.3 Å². The highest BCUT2D eigenvalue weighted by molar-refractivity contribution is 5.85. The van der Waals surface area contributed by atoms with Gasteiger partial charge in [-0.1, -0.05) is 29.8 Å². The molecule has 0 spiro atoms. The summed E-state index contributed by atoms with van der Waals surface area (Å²) in [4.78, 5) is 23.1. The molecule has 0 bridgehead atoms. The highest BCUT2D eigenvalue weighted by Gasteiger charge is 2.16. The lowest BCUT2D eigenvalue weighted by molar-refractivity contribution is 0.0690. The Balaban J connectivity index is 1.84. The molecule has 1 aromatic carbocycles. The Bertz CT molecular complexity index is 927. The summed E-state index contributed by atoms with van der Waals surface area (Å²) in [7, 11) is 0. The number of hydrogen-bond donors (Lipinski definition) is 4. The molecule has 8 heteroatoms. The van der Waals surface area contributed by atoms with E-state index in [0.717, 1.165) is 11.1 Å². The summed E-state index contributed by atoms with van der Waals surface area (Å²) in [5.41, 5.74) is 8.89. The lowest BCUT2D eigenvalue weighted by Gasteiger charge is -2.16. The van der Waals surface area contributed by atoms with E-state index in [1.807, 2.05) is 31.2 Å². The number of benzene rings is 1. The number of carbonyl (C=O) groups is 1. The Kier molecular flexibility index (Phi) is 4.76. The van der Waals surface area contributed by atoms with Crippen LogP contribution in [-0.4, -0.2) is 31.1 Å². The molecule has 8 nitrogen and oxygen atoms in total. The summed E-state index contributed by atoms with van der Waals surface area (Å²) in [5.74, 6) is -1.03. The number of rotatable bonds is 5. The van der Waals surface area contributed by atoms with E-state index in [9.17, 15) is 9.90 Å². The average molecular weight is 351 g/mol. The minimum absolute atomic E-state index is 0.0919. The molecule has 1 unspecified atom stereocenters. The van der Waals surface area contributed by atoms with Crippen LogP contribution in [-0.2, 0) is 0 Å². The smallest absolute Gasteiger partial charge is 0.354 e. The van der Waals surface area contributed by atoms with Crippen LogP contribution in [0.1, 0.15) is 28.0 Å². The van der Waals surface area contributed by atoms with Crippen molar-refractivity contribution < 1.29 is 15.0 Å². The third-order valence-corrected chi connectivity index (χ3v) is 3.72. The SMILES string of the molecule is Cc1ccc(-c2cnc(N)c(C(O)Nc3ccc(C(=O)O)nc3)n2)cc1. The fourth-order valence-electron chi connectivity index (χ4n) is 2.31. The number of aromatic carboxylic acids is 1. The van der Waals surface area contributed by atoms with Crippen LogP contribution >= 0.6 is 0 Å². The molecule has 2 aromatic heterocycles. The van der Waals surface area contributed by atoms with Gasteiger partial charge in [-0.2, -0.15) is 0 Å². The van der Waals surface area contributed by atoms with E-state index in [1.165, 1.54) is 18.3 Å². The molecule has 5 N–H and O–H groups in total. The number of pyridine rings is 1. The fraction of sp³-hybridized carbons (Fsp3) is 0.111. The Hall–Kier alpha value is -3.52. The van der Waals surface area contributed by atoms with Crippen LogP contribution in [0.15, 0.2) is 48.8 Å². The number of nitrogens with zero attached hydrogens (tertiary/aromatic N) is 3. The van der Waals surface area contributed by atoms with E-state index in [1.54, 1.807) is 6.20 Å². The van der Waals surface area contributed by atoms with E-state index >= 15 is 0 Å². The standard InChI is InChI=1S/C18H17N5O3/c1-10-2-4-11(5-3-10)14-9-21-16(19)15(23-14)17(24)22-12-6-7-13(18(25)26)20-8-12/h2-9,17,22,24H,1H3,(H2,19,21)(H,25,26). The molecule has 0 aliphatic rings. The number of carboxylic acids is 1. The summed E-state index contributed by atoms with van der Waals surface area (Å²) >= 11 is 0. The van der Waals surface area contributed by atoms with Gasteiger partial charge in [0.15, 0.2) is 6.23 Å². The molecule has 0 aliphatic carbocycles. The van der Waals surface area contributed by atoms with Gasteiger partial charge in [0, 0.05) is 5.56 Å². The zero-order chi connectivity index (χ0) is 18.7. The van der Waals surface area contributed by atoms with Crippen LogP contribution in [0.5, 0.6) is 0 Å². The first-order valence-corrected chi connectivity index (χ1v) is 7.77. The molecular weight excluding hydrogens is 334 g/mol. The Labute approximate surface area is 149 Å². The third-order valence-electron chi connectivity index (χ3n) is 3.72. The maximum Gasteiger partial charge on any atom is 0.354 e. The number of aliphatic hydroxyl groups is 1. The molecular formula is C18H17N5O3. The number of carboxylic acid groups (broad SMARTS) is 1. The van der Waals surface area contributed by atoms with E-state index in [4.69, 9.17) is 10.8 Å². The summed E-state index contributed by atoms with van der Waals surface area (Å²) in [6, 6.07) is 10.6. The first-order chi connectivity index (χ1) is 12.4. The monoisotopic (exact) mass is 351 g/mol. The molecule has 0 radical (unpaired) electrons. The zero-order valence-corrected chi connectivity index (χ0v) is 13.9. The molecule has 1 atom stereocenters. The van der Waals surface area contributed by atoms with Gasteiger partial charge in [-0.15, -0.1) is 0 Å². The van der Waals surface area contributed by atoms with Crippen molar-refractivity contribution in [3.63, 3.8) is 0 Å². The van der Waals surface area contributed by atoms with E-state index in [0.29, 0.717) is 11.4 Å². The number of aromatic nitrogens is 3. The first kappa shape index (κ1) is 17.3. The quantitative estimate of drug-likeness (QED) is 0.514. The van der Waals surface area contributed by atoms with Crippen molar-refractivity contribution in [1.29, 1.82) is 0 Å². The van der Waals surface area contributed by atoms with Crippen LogP contribution < -0.4 is 11.1 Å². The molecule has 0 amide bonds. The number of aryl methyl sites for hydroxylation is 1. The summed E-state index contributed by atoms with van der Waals surface area (Å²) in [5, 5.41) is 22.0. The Morgan fingerprint density at radius 1 is 1.12 bits per heavy atom. The van der Waals surface area contributed by atoms with Gasteiger partial charge < -0.3 is 21.3 Å². The number of nitrogens with one attached hydrogen (secondary N) is 1. The van der Waals surface area contributed by atoms with Crippen molar-refractivity contribution in [3.05, 3.63) is 65.7 Å². The zero-order valence-electron chi connectivity index (χ0n) is 13.9. The highest BCUT2D eigenvalue weighted by Crippen LogP contribution is 2.23. The number of hydrogen-bond acceptors (Lipinski definition) is 7. The predicted octanol–water partition coefficient (Wildman–Crippen LogP) is 2.23. The van der Waals surface area contributed by atoms with Gasteiger partial charge in [0.1, 0.15) is 17.2 Å². The fourth-order valence-corrected chi connectivity index (χ4v) is 2.31. The summed E-state index contributed by atoms with van der Waals surface area (Å²) in [6.45, 7) is 1.99. The molecule has 0 fully saturated rings. The second-order valence-electron chi connectivity index (χ2n) is 5.68. The van der Waals surface area contributed by atoms with Crippen LogP contribution in [0.2, 0.25) is 0 Å². The molecule has 0 saturated carbocycles. The van der Waals surface area contributed by atoms with Gasteiger partial charge in [0.25, 0.3) is 0 Å². The Morgan fingerprint density at radius 2 is 1.85 bits per heavy atom. The van der Waals surface area contributed by atoms with E-state index < -0.39 is 12.2 Å². The third kappa shape index (κ3) is 3.76. The normalized spacial score (nSPS) is 11.8. The van der Waals surface area contributed by atoms with Crippen LogP contribution in [0.3, 0.4) is 0 Å². The van der Waals surface area contributed by atoms with Crippen LogP contribution in [0.25, 0.3) is 11.3 Å². The second-order valence-corrected chi connectivity index (χ2v) is 5.68. The van der Waals surface area contributed by atoms with Crippen molar-refractivity contribution >= 4 is 17.5 Å². The second kappa shape index (κ2) is 7.16. The van der Waals surface area contributed by atoms with Gasteiger partial charge >= 0.3 is 5.97 Å². The van der Waals surface area contributed by atoms with Gasteiger partial charge in [0.05, 0.1) is 23.8 Å². The predicted molar refractivity (Wildman–Crippen MR) is 96.4 cm³/mol. The molecule has 2 heterocycles. The lowest BCUT2D eigenvalue weighted by Crippen LogP contribution is -2.15. The molecule has 3 aromatic rings. The van der Waals surface area contributed by atoms with Crippen molar-refractivity contribution in [1.82, 2.24) is 15.0 Å². The minimum Gasteiger partial charge on any atom is -0.477 e. The maximum absolute atomic E-state index is 10.8. The Morgan fingerprint density at radius 3 is 2.46 bits per heavy atom. The number of nitrogens with two attached hydrogens (primary N) is 1. The van der Waals surface area contributed by atoms with Crippen molar-refractivity contribution in [2.75, 3.05) is 11.1 Å². The van der Waals surface area contributed by atoms with Crippen LogP contribution in [0, 0.1) is 6.92 Å². The van der Waals surface area contributed by atoms with Crippen molar-refractivity contribution in [3.8, 4) is 11.3 Å². The number of aliphatic hydroxyl groups excluding tert-OH is 1. The molecule has 0 saturated heterocycles. The first-order valence-electron chi connectivity index (χ1n) is 7.77. The molecule has 0 aliphatic heterocycles. The van der Waals surface area contributed by atoms with Crippen molar-refractivity contribution in [2.45, 2.75) is 13.2 Å². The summed E-state index contributed by atoms with van der Waals surface area (Å²) in [6.07, 6.45) is 1.62. The topological polar surface area (TPSA) is 134 Å². The maximum atomic E-state index is 10.8. The lowest BCUT2D eigenvalue weighted by atomic mass is 10.1. The van der Waals surface area contributed by atoms with Crippen molar-refractivity contribution in [2.24, 2.45) is 0 Å². The largest absolute Gasteiger partial charge is 0.477 e. The highest BCUT2D eigenvalue weighted by atomic mass is 16.4. The minimum atomic E-state index is -1.23. The number of nitrogen functional groups attached to an aromatic ring is 1. The van der Waals surface area contributed by atoms with Gasteiger partial charge in [-0.3, -0.25) is 0 Å². The molecule has 132 valence electrons. The van der Waals surface area contributed by atoms with E-state index in [-0.39, 0.29) is 17.2 Å². The van der Waals surface area contributed by atoms with Gasteiger partial charge in [0.2, 0.25) is 0 Å². The number of anilines is 2. The molecule has 3 rings (SSSR count). The van der Waals surface area contributed by atoms with Gasteiger partial charge in [-0.25, -0.2) is 19.7 Å². The van der Waals surface area contributed by atoms with Crippen LogP contribution in [0.4, 0.5) is 11.5 Å². The van der Waals surface area contributed by atoms with Gasteiger partial charge in [-0.05, 0) is 19.1 Å². The molecule has 26 heavy (non-hydrogen) atoms. The summed E-state index contributed by atoms with van der Waals surface area (Å²) < 4.78 is 0. The average Bonchev–Trinajstić information content (AvgIpc) is 2.63.